The van der Waals surface area contributed by atoms with Gasteiger partial charge in [-0.05, 0) is 13.3 Å². The summed E-state index contributed by atoms with van der Waals surface area (Å²) in [4.78, 5) is 4.19. The van der Waals surface area contributed by atoms with Gasteiger partial charge in [0.15, 0.2) is 5.82 Å². The Morgan fingerprint density at radius 1 is 1.50 bits per heavy atom. The third kappa shape index (κ3) is 3.31. The van der Waals surface area contributed by atoms with Crippen LogP contribution in [-0.4, -0.2) is 15.4 Å². The van der Waals surface area contributed by atoms with E-state index in [1.165, 1.54) is 0 Å². The second-order valence-electron chi connectivity index (χ2n) is 3.37. The Labute approximate surface area is 88.6 Å². The minimum atomic E-state index is -0.176. The smallest absolute Gasteiger partial charge is 0.243 e. The second kappa shape index (κ2) is 5.36. The van der Waals surface area contributed by atoms with Crippen molar-refractivity contribution >= 4 is 11.8 Å². The zero-order chi connectivity index (χ0) is 10.6. The summed E-state index contributed by atoms with van der Waals surface area (Å²) in [6.07, 6.45) is 1.16. The fourth-order valence-corrected chi connectivity index (χ4v) is 1.63. The van der Waals surface area contributed by atoms with Gasteiger partial charge in [0.2, 0.25) is 5.89 Å². The Balaban J connectivity index is 2.44. The van der Waals surface area contributed by atoms with Gasteiger partial charge in [0.05, 0.1) is 11.8 Å². The predicted molar refractivity (Wildman–Crippen MR) is 57.9 cm³/mol. The molecule has 0 amide bonds. The topological polar surface area (TPSA) is 64.9 Å². The molecule has 0 aliphatic carbocycles. The summed E-state index contributed by atoms with van der Waals surface area (Å²) in [5.74, 6) is 2.05. The average molecular weight is 215 g/mol. The molecule has 1 rings (SSSR count). The molecule has 5 heteroatoms. The molecule has 0 fully saturated rings. The van der Waals surface area contributed by atoms with Crippen LogP contribution < -0.4 is 5.73 Å². The van der Waals surface area contributed by atoms with Crippen molar-refractivity contribution < 1.29 is 4.52 Å². The molecular formula is C9H17N3OS. The van der Waals surface area contributed by atoms with E-state index in [0.29, 0.717) is 11.1 Å². The highest BCUT2D eigenvalue weighted by Gasteiger charge is 2.10. The lowest BCUT2D eigenvalue weighted by Crippen LogP contribution is -2.05. The molecule has 0 aliphatic heterocycles. The van der Waals surface area contributed by atoms with E-state index in [0.717, 1.165) is 18.0 Å². The first kappa shape index (κ1) is 11.5. The van der Waals surface area contributed by atoms with Crippen LogP contribution in [0.3, 0.4) is 0 Å². The minimum Gasteiger partial charge on any atom is -0.338 e. The van der Waals surface area contributed by atoms with Gasteiger partial charge in [-0.2, -0.15) is 16.7 Å². The number of hydrogen-bond acceptors (Lipinski definition) is 5. The van der Waals surface area contributed by atoms with Gasteiger partial charge in [0, 0.05) is 5.25 Å². The van der Waals surface area contributed by atoms with E-state index < -0.39 is 0 Å². The van der Waals surface area contributed by atoms with Crippen molar-refractivity contribution in [3.05, 3.63) is 11.7 Å². The number of hydrogen-bond donors (Lipinski definition) is 1. The van der Waals surface area contributed by atoms with Gasteiger partial charge in [-0.1, -0.05) is 19.0 Å². The number of aromatic nitrogens is 2. The van der Waals surface area contributed by atoms with Crippen LogP contribution in [0.2, 0.25) is 0 Å². The first-order valence-electron chi connectivity index (χ1n) is 4.83. The monoisotopic (exact) mass is 215 g/mol. The lowest BCUT2D eigenvalue weighted by atomic mass is 10.4. The van der Waals surface area contributed by atoms with Crippen molar-refractivity contribution in [3.63, 3.8) is 0 Å². The van der Waals surface area contributed by atoms with Gasteiger partial charge >= 0.3 is 0 Å². The molecule has 0 aromatic carbocycles. The number of rotatable bonds is 5. The van der Waals surface area contributed by atoms with Crippen molar-refractivity contribution in [2.24, 2.45) is 5.73 Å². The van der Waals surface area contributed by atoms with Gasteiger partial charge in [0.25, 0.3) is 0 Å². The summed E-state index contributed by atoms with van der Waals surface area (Å²) in [6, 6.07) is -0.176. The van der Waals surface area contributed by atoms with Gasteiger partial charge in [0.1, 0.15) is 0 Å². The molecule has 2 unspecified atom stereocenters. The van der Waals surface area contributed by atoms with Crippen molar-refractivity contribution in [3.8, 4) is 0 Å². The normalized spacial score (nSPS) is 15.4. The maximum atomic E-state index is 5.61. The summed E-state index contributed by atoms with van der Waals surface area (Å²) in [6.45, 7) is 6.19. The van der Waals surface area contributed by atoms with Crippen LogP contribution in [-0.2, 0) is 5.75 Å². The van der Waals surface area contributed by atoms with Crippen LogP contribution in [0, 0.1) is 0 Å². The lowest BCUT2D eigenvalue weighted by molar-refractivity contribution is 0.358. The van der Waals surface area contributed by atoms with E-state index in [9.17, 15) is 0 Å². The lowest BCUT2D eigenvalue weighted by Gasteiger charge is -2.04. The third-order valence-corrected chi connectivity index (χ3v) is 3.27. The molecule has 0 bridgehead atoms. The van der Waals surface area contributed by atoms with Crippen molar-refractivity contribution in [1.82, 2.24) is 10.1 Å². The summed E-state index contributed by atoms with van der Waals surface area (Å²) >= 11 is 1.83. The molecule has 0 saturated carbocycles. The highest BCUT2D eigenvalue weighted by Crippen LogP contribution is 2.18. The molecule has 1 aromatic heterocycles. The average Bonchev–Trinajstić information content (AvgIpc) is 2.62. The SMILES string of the molecule is CCC(C)SCc1noc(C(C)N)n1. The van der Waals surface area contributed by atoms with Crippen molar-refractivity contribution in [2.45, 2.75) is 44.2 Å². The van der Waals surface area contributed by atoms with Crippen molar-refractivity contribution in [1.29, 1.82) is 0 Å². The van der Waals surface area contributed by atoms with Gasteiger partial charge in [-0.15, -0.1) is 0 Å². The highest BCUT2D eigenvalue weighted by atomic mass is 32.2. The number of thioether (sulfide) groups is 1. The van der Waals surface area contributed by atoms with E-state index in [1.54, 1.807) is 0 Å². The van der Waals surface area contributed by atoms with Crippen LogP contribution in [0.25, 0.3) is 0 Å². The Kier molecular flexibility index (Phi) is 4.41. The van der Waals surface area contributed by atoms with Gasteiger partial charge in [-0.25, -0.2) is 0 Å². The number of nitrogens with zero attached hydrogens (tertiary/aromatic N) is 2. The molecule has 80 valence electrons. The standard InChI is InChI=1S/C9H17N3OS/c1-4-6(2)14-5-8-11-9(7(3)10)13-12-8/h6-7H,4-5,10H2,1-3H3. The first-order chi connectivity index (χ1) is 6.63. The zero-order valence-corrected chi connectivity index (χ0v) is 9.67. The fraction of sp³-hybridized carbons (Fsp3) is 0.778. The molecule has 0 saturated heterocycles. The first-order valence-corrected chi connectivity index (χ1v) is 5.88. The van der Waals surface area contributed by atoms with E-state index >= 15 is 0 Å². The van der Waals surface area contributed by atoms with Crippen LogP contribution >= 0.6 is 11.8 Å². The van der Waals surface area contributed by atoms with E-state index in [-0.39, 0.29) is 6.04 Å². The summed E-state index contributed by atoms with van der Waals surface area (Å²) < 4.78 is 4.99. The molecule has 0 aliphatic rings. The van der Waals surface area contributed by atoms with Crippen molar-refractivity contribution in [2.75, 3.05) is 0 Å². The Bertz CT molecular complexity index is 275. The molecule has 1 aromatic rings. The Morgan fingerprint density at radius 3 is 2.71 bits per heavy atom. The van der Waals surface area contributed by atoms with E-state index in [1.807, 2.05) is 18.7 Å². The maximum Gasteiger partial charge on any atom is 0.243 e. The Morgan fingerprint density at radius 2 is 2.21 bits per heavy atom. The quantitative estimate of drug-likeness (QED) is 0.815. The van der Waals surface area contributed by atoms with Crippen LogP contribution in [0.4, 0.5) is 0 Å². The summed E-state index contributed by atoms with van der Waals surface area (Å²) in [5, 5.41) is 4.49. The molecule has 2 N–H and O–H groups in total. The fourth-order valence-electron chi connectivity index (χ4n) is 0.846. The van der Waals surface area contributed by atoms with Gasteiger partial charge < -0.3 is 10.3 Å². The van der Waals surface area contributed by atoms with Crippen LogP contribution in [0.5, 0.6) is 0 Å². The molecular weight excluding hydrogens is 198 g/mol. The zero-order valence-electron chi connectivity index (χ0n) is 8.86. The van der Waals surface area contributed by atoms with E-state index in [2.05, 4.69) is 24.0 Å². The Hall–Kier alpha value is -0.550. The predicted octanol–water partition coefficient (Wildman–Crippen LogP) is 2.12. The van der Waals surface area contributed by atoms with E-state index in [4.69, 9.17) is 10.3 Å². The molecule has 0 radical (unpaired) electrons. The molecule has 2 atom stereocenters. The number of nitrogens with two attached hydrogens (primary N) is 1. The molecule has 14 heavy (non-hydrogen) atoms. The maximum absolute atomic E-state index is 5.61. The van der Waals surface area contributed by atoms with Crippen LogP contribution in [0.15, 0.2) is 4.52 Å². The second-order valence-corrected chi connectivity index (χ2v) is 4.79. The molecule has 1 heterocycles. The minimum absolute atomic E-state index is 0.176. The molecule has 4 nitrogen and oxygen atoms in total. The summed E-state index contributed by atoms with van der Waals surface area (Å²) in [7, 11) is 0. The van der Waals surface area contributed by atoms with Crippen LogP contribution in [0.1, 0.15) is 44.9 Å². The largest absolute Gasteiger partial charge is 0.338 e. The third-order valence-electron chi connectivity index (χ3n) is 1.95. The molecule has 0 spiro atoms. The summed E-state index contributed by atoms with van der Waals surface area (Å²) in [5.41, 5.74) is 5.61. The van der Waals surface area contributed by atoms with Gasteiger partial charge in [-0.3, -0.25) is 0 Å². The highest BCUT2D eigenvalue weighted by molar-refractivity contribution is 7.99.